The Morgan fingerprint density at radius 2 is 2.06 bits per heavy atom. The Morgan fingerprint density at radius 3 is 2.65 bits per heavy atom. The number of nitrogens with two attached hydrogens (primary N) is 1. The number of halogens is 2. The first kappa shape index (κ1) is 12.1. The number of rotatable bonds is 3. The molecule has 1 unspecified atom stereocenters. The number of hydrogen-bond donors (Lipinski definition) is 2. The topological polar surface area (TPSA) is 47.3 Å². The molecule has 1 aromatic carbocycles. The average Bonchev–Trinajstić information content (AvgIpc) is 2.29. The minimum absolute atomic E-state index is 0.0894. The van der Waals surface area contributed by atoms with E-state index in [1.165, 1.54) is 0 Å². The van der Waals surface area contributed by atoms with Crippen molar-refractivity contribution in [3.8, 4) is 0 Å². The van der Waals surface area contributed by atoms with E-state index < -0.39 is 11.6 Å². The molecule has 1 aliphatic rings. The molecule has 0 radical (unpaired) electrons. The van der Waals surface area contributed by atoms with Crippen molar-refractivity contribution in [1.29, 1.82) is 0 Å². The lowest BCUT2D eigenvalue weighted by Crippen LogP contribution is -2.24. The van der Waals surface area contributed by atoms with Gasteiger partial charge in [0.1, 0.15) is 5.69 Å². The van der Waals surface area contributed by atoms with E-state index in [2.05, 4.69) is 5.32 Å². The summed E-state index contributed by atoms with van der Waals surface area (Å²) >= 11 is 0. The molecule has 1 aliphatic heterocycles. The molecule has 3 N–H and O–H groups in total. The number of nitrogens with one attached hydrogen (secondary N) is 1. The van der Waals surface area contributed by atoms with Crippen molar-refractivity contribution in [1.82, 2.24) is 0 Å². The predicted molar refractivity (Wildman–Crippen MR) is 62.8 cm³/mol. The fourth-order valence-corrected chi connectivity index (χ4v) is 1.98. The molecule has 1 fully saturated rings. The van der Waals surface area contributed by atoms with E-state index in [9.17, 15) is 8.78 Å². The van der Waals surface area contributed by atoms with Crippen molar-refractivity contribution < 1.29 is 13.5 Å². The first-order chi connectivity index (χ1) is 8.16. The molecule has 17 heavy (non-hydrogen) atoms. The van der Waals surface area contributed by atoms with Crippen LogP contribution in [0, 0.1) is 17.6 Å². The van der Waals surface area contributed by atoms with Crippen molar-refractivity contribution >= 4 is 11.4 Å². The van der Waals surface area contributed by atoms with Crippen molar-refractivity contribution in [3.05, 3.63) is 23.8 Å². The maximum absolute atomic E-state index is 13.5. The van der Waals surface area contributed by atoms with Gasteiger partial charge in [-0.15, -0.1) is 0 Å². The van der Waals surface area contributed by atoms with Crippen LogP contribution in [-0.2, 0) is 4.74 Å². The number of ether oxygens (including phenoxy) is 1. The van der Waals surface area contributed by atoms with E-state index in [4.69, 9.17) is 10.5 Å². The molecule has 3 nitrogen and oxygen atoms in total. The Hall–Kier alpha value is -1.36. The number of anilines is 2. The summed E-state index contributed by atoms with van der Waals surface area (Å²) in [5.74, 6) is -1.00. The van der Waals surface area contributed by atoms with Crippen molar-refractivity contribution in [2.75, 3.05) is 30.8 Å². The van der Waals surface area contributed by atoms with Crippen LogP contribution in [0.3, 0.4) is 0 Å². The lowest BCUT2D eigenvalue weighted by molar-refractivity contribution is 0.0594. The fraction of sp³-hybridized carbons (Fsp3) is 0.500. The lowest BCUT2D eigenvalue weighted by Gasteiger charge is -2.23. The number of nitrogen functional groups attached to an aromatic ring is 1. The highest BCUT2D eigenvalue weighted by molar-refractivity contribution is 5.54. The molecule has 0 aliphatic carbocycles. The average molecular weight is 242 g/mol. The summed E-state index contributed by atoms with van der Waals surface area (Å²) in [5, 5.41) is 2.79. The van der Waals surface area contributed by atoms with Gasteiger partial charge in [-0.3, -0.25) is 0 Å². The Morgan fingerprint density at radius 1 is 1.35 bits per heavy atom. The van der Waals surface area contributed by atoms with Crippen LogP contribution in [0.15, 0.2) is 12.1 Å². The Labute approximate surface area is 98.9 Å². The zero-order valence-corrected chi connectivity index (χ0v) is 9.51. The lowest BCUT2D eigenvalue weighted by atomic mass is 10.0. The first-order valence-electron chi connectivity index (χ1n) is 5.73. The molecule has 0 spiro atoms. The van der Waals surface area contributed by atoms with Gasteiger partial charge < -0.3 is 15.8 Å². The SMILES string of the molecule is Nc1cc(F)c(NCC2CCCOC2)c(F)c1. The zero-order chi connectivity index (χ0) is 12.3. The fourth-order valence-electron chi connectivity index (χ4n) is 1.98. The van der Waals surface area contributed by atoms with Crippen LogP contribution in [0.4, 0.5) is 20.2 Å². The van der Waals surface area contributed by atoms with Gasteiger partial charge in [0.25, 0.3) is 0 Å². The molecule has 1 heterocycles. The summed E-state index contributed by atoms with van der Waals surface area (Å²) in [6.45, 7) is 1.93. The molecule has 0 aromatic heterocycles. The third kappa shape index (κ3) is 3.06. The quantitative estimate of drug-likeness (QED) is 0.800. The van der Waals surface area contributed by atoms with Gasteiger partial charge in [0.2, 0.25) is 0 Å². The second-order valence-electron chi connectivity index (χ2n) is 4.32. The van der Waals surface area contributed by atoms with Crippen LogP contribution in [0.2, 0.25) is 0 Å². The number of benzene rings is 1. The maximum atomic E-state index is 13.5. The largest absolute Gasteiger partial charge is 0.399 e. The highest BCUT2D eigenvalue weighted by Gasteiger charge is 2.16. The van der Waals surface area contributed by atoms with Crippen LogP contribution in [0.1, 0.15) is 12.8 Å². The maximum Gasteiger partial charge on any atom is 0.151 e. The van der Waals surface area contributed by atoms with Crippen LogP contribution in [0.5, 0.6) is 0 Å². The molecule has 2 rings (SSSR count). The smallest absolute Gasteiger partial charge is 0.151 e. The molecule has 1 aromatic rings. The molecule has 0 saturated carbocycles. The highest BCUT2D eigenvalue weighted by atomic mass is 19.1. The summed E-state index contributed by atoms with van der Waals surface area (Å²) < 4.78 is 32.2. The van der Waals surface area contributed by atoms with Crippen LogP contribution < -0.4 is 11.1 Å². The second-order valence-corrected chi connectivity index (χ2v) is 4.32. The molecular formula is C12H16F2N2O. The van der Waals surface area contributed by atoms with Crippen LogP contribution in [0.25, 0.3) is 0 Å². The normalized spacial score (nSPS) is 20.2. The predicted octanol–water partition coefficient (Wildman–Crippen LogP) is 2.39. The van der Waals surface area contributed by atoms with Gasteiger partial charge in [-0.2, -0.15) is 0 Å². The third-order valence-electron chi connectivity index (χ3n) is 2.89. The molecular weight excluding hydrogens is 226 g/mol. The summed E-state index contributed by atoms with van der Waals surface area (Å²) in [5.41, 5.74) is 5.32. The first-order valence-corrected chi connectivity index (χ1v) is 5.73. The van der Waals surface area contributed by atoms with Gasteiger partial charge in [-0.1, -0.05) is 0 Å². The third-order valence-corrected chi connectivity index (χ3v) is 2.89. The van der Waals surface area contributed by atoms with Gasteiger partial charge in [0, 0.05) is 18.8 Å². The Kier molecular flexibility index (Phi) is 3.78. The summed E-state index contributed by atoms with van der Waals surface area (Å²) in [7, 11) is 0. The van der Waals surface area contributed by atoms with Gasteiger partial charge in [0.15, 0.2) is 11.6 Å². The van der Waals surface area contributed by atoms with Crippen molar-refractivity contribution in [2.24, 2.45) is 5.92 Å². The highest BCUT2D eigenvalue weighted by Crippen LogP contribution is 2.23. The monoisotopic (exact) mass is 242 g/mol. The Balaban J connectivity index is 1.98. The molecule has 5 heteroatoms. The van der Waals surface area contributed by atoms with E-state index in [0.29, 0.717) is 19.1 Å². The summed E-state index contributed by atoms with van der Waals surface area (Å²) in [6.07, 6.45) is 2.02. The van der Waals surface area contributed by atoms with Gasteiger partial charge in [-0.05, 0) is 30.9 Å². The van der Waals surface area contributed by atoms with Gasteiger partial charge in [-0.25, -0.2) is 8.78 Å². The van der Waals surface area contributed by atoms with E-state index in [-0.39, 0.29) is 11.4 Å². The standard InChI is InChI=1S/C12H16F2N2O/c13-10-4-9(15)5-11(14)12(10)16-6-8-2-1-3-17-7-8/h4-5,8,16H,1-3,6-7,15H2. The Bertz CT molecular complexity index is 369. The molecule has 0 amide bonds. The summed E-state index contributed by atoms with van der Waals surface area (Å²) in [6, 6.07) is 2.23. The van der Waals surface area contributed by atoms with E-state index >= 15 is 0 Å². The van der Waals surface area contributed by atoms with E-state index in [0.717, 1.165) is 31.6 Å². The van der Waals surface area contributed by atoms with Crippen molar-refractivity contribution in [2.45, 2.75) is 12.8 Å². The number of hydrogen-bond acceptors (Lipinski definition) is 3. The van der Waals surface area contributed by atoms with Gasteiger partial charge >= 0.3 is 0 Å². The van der Waals surface area contributed by atoms with E-state index in [1.807, 2.05) is 0 Å². The summed E-state index contributed by atoms with van der Waals surface area (Å²) in [4.78, 5) is 0. The van der Waals surface area contributed by atoms with Crippen LogP contribution >= 0.6 is 0 Å². The van der Waals surface area contributed by atoms with Crippen molar-refractivity contribution in [3.63, 3.8) is 0 Å². The minimum atomic E-state index is -0.653. The van der Waals surface area contributed by atoms with Gasteiger partial charge in [0.05, 0.1) is 6.61 Å². The zero-order valence-electron chi connectivity index (χ0n) is 9.51. The molecule has 94 valence electrons. The van der Waals surface area contributed by atoms with Crippen LogP contribution in [-0.4, -0.2) is 19.8 Å². The molecule has 0 bridgehead atoms. The second kappa shape index (κ2) is 5.31. The van der Waals surface area contributed by atoms with E-state index in [1.54, 1.807) is 0 Å². The molecule has 1 saturated heterocycles. The minimum Gasteiger partial charge on any atom is -0.399 e. The molecule has 1 atom stereocenters.